The maximum absolute atomic E-state index is 13.2. The molecule has 2 aliphatic rings. The second kappa shape index (κ2) is 8.17. The Morgan fingerprint density at radius 1 is 1.36 bits per heavy atom. The van der Waals surface area contributed by atoms with Gasteiger partial charge in [-0.3, -0.25) is 9.88 Å². The number of nitrogens with zero attached hydrogens (tertiary/aromatic N) is 4. The number of anilines is 1. The van der Waals surface area contributed by atoms with Crippen molar-refractivity contribution in [3.05, 3.63) is 24.0 Å². The molecule has 1 unspecified atom stereocenters. The lowest BCUT2D eigenvalue weighted by Crippen LogP contribution is -2.48. The van der Waals surface area contributed by atoms with E-state index in [2.05, 4.69) is 35.7 Å². The van der Waals surface area contributed by atoms with Gasteiger partial charge >= 0.3 is 6.03 Å². The Morgan fingerprint density at radius 3 is 3.00 bits per heavy atom. The summed E-state index contributed by atoms with van der Waals surface area (Å²) < 4.78 is 0. The van der Waals surface area contributed by atoms with Crippen LogP contribution in [-0.4, -0.2) is 60.1 Å². The lowest BCUT2D eigenvalue weighted by molar-refractivity contribution is 0.167. The zero-order chi connectivity index (χ0) is 17.8. The van der Waals surface area contributed by atoms with Crippen LogP contribution in [0.5, 0.6) is 0 Å². The molecule has 1 aromatic heterocycles. The summed E-state index contributed by atoms with van der Waals surface area (Å²) in [5, 5.41) is 0. The van der Waals surface area contributed by atoms with Gasteiger partial charge in [0, 0.05) is 38.3 Å². The van der Waals surface area contributed by atoms with E-state index in [4.69, 9.17) is 0 Å². The van der Waals surface area contributed by atoms with Gasteiger partial charge in [-0.15, -0.1) is 0 Å². The maximum atomic E-state index is 13.2. The molecule has 2 amide bonds. The fraction of sp³-hybridized carbons (Fsp3) is 0.700. The first-order valence-electron chi connectivity index (χ1n) is 9.77. The minimum absolute atomic E-state index is 0.163. The quantitative estimate of drug-likeness (QED) is 0.840. The van der Waals surface area contributed by atoms with E-state index in [0.29, 0.717) is 6.04 Å². The topological polar surface area (TPSA) is 39.7 Å². The van der Waals surface area contributed by atoms with Crippen LogP contribution < -0.4 is 4.90 Å². The molecule has 1 atom stereocenters. The first kappa shape index (κ1) is 18.2. The molecule has 0 saturated carbocycles. The van der Waals surface area contributed by atoms with Crippen molar-refractivity contribution in [2.45, 2.75) is 52.0 Å². The predicted molar refractivity (Wildman–Crippen MR) is 102 cm³/mol. The number of likely N-dealkylation sites (tertiary alicyclic amines) is 1. The van der Waals surface area contributed by atoms with Gasteiger partial charge in [-0.2, -0.15) is 0 Å². The van der Waals surface area contributed by atoms with Gasteiger partial charge in [0.25, 0.3) is 0 Å². The Hall–Kier alpha value is -1.62. The largest absolute Gasteiger partial charge is 0.324 e. The van der Waals surface area contributed by atoms with Crippen molar-refractivity contribution < 1.29 is 4.79 Å². The second-order valence-corrected chi connectivity index (χ2v) is 7.91. The van der Waals surface area contributed by atoms with Crippen molar-refractivity contribution in [1.29, 1.82) is 0 Å². The molecule has 0 spiro atoms. The van der Waals surface area contributed by atoms with Crippen LogP contribution in [0.25, 0.3) is 0 Å². The molecular formula is C20H32N4O. The van der Waals surface area contributed by atoms with Crippen LogP contribution >= 0.6 is 0 Å². The van der Waals surface area contributed by atoms with Gasteiger partial charge in [0.05, 0.1) is 11.4 Å². The van der Waals surface area contributed by atoms with Crippen LogP contribution in [0, 0.1) is 5.92 Å². The van der Waals surface area contributed by atoms with Crippen LogP contribution in [-0.2, 0) is 6.42 Å². The Kier molecular flexibility index (Phi) is 5.94. The predicted octanol–water partition coefficient (Wildman–Crippen LogP) is 3.40. The third-order valence-corrected chi connectivity index (χ3v) is 5.56. The standard InChI is InChI=1S/C20H32N4O/c1-16(2)9-13-22(3)17-7-4-5-12-23(15-17)20(25)24-14-10-18-19(24)8-6-11-21-18/h6,8,11,16-17H,4-5,7,9-10,12-15H2,1-3H3. The highest BCUT2D eigenvalue weighted by Gasteiger charge is 2.31. The molecule has 1 fully saturated rings. The van der Waals surface area contributed by atoms with Crippen molar-refractivity contribution in [1.82, 2.24) is 14.8 Å². The van der Waals surface area contributed by atoms with Gasteiger partial charge in [0.15, 0.2) is 0 Å². The van der Waals surface area contributed by atoms with Crippen LogP contribution in [0.1, 0.15) is 45.2 Å². The lowest BCUT2D eigenvalue weighted by Gasteiger charge is -2.33. The van der Waals surface area contributed by atoms with Crippen LogP contribution in [0.4, 0.5) is 10.5 Å². The first-order chi connectivity index (χ1) is 12.1. The molecule has 0 bridgehead atoms. The molecule has 0 aliphatic carbocycles. The zero-order valence-electron chi connectivity index (χ0n) is 15.9. The fourth-order valence-corrected chi connectivity index (χ4v) is 3.87. The van der Waals surface area contributed by atoms with Crippen molar-refractivity contribution in [3.63, 3.8) is 0 Å². The smallest absolute Gasteiger partial charge is 0.323 e. The fourth-order valence-electron chi connectivity index (χ4n) is 3.87. The molecular weight excluding hydrogens is 312 g/mol. The van der Waals surface area contributed by atoms with E-state index < -0.39 is 0 Å². The Morgan fingerprint density at radius 2 is 2.20 bits per heavy atom. The molecule has 0 radical (unpaired) electrons. The Bertz CT molecular complexity index is 589. The average molecular weight is 345 g/mol. The summed E-state index contributed by atoms with van der Waals surface area (Å²) in [6.45, 7) is 8.14. The molecule has 1 aromatic rings. The molecule has 1 saturated heterocycles. The molecule has 3 rings (SSSR count). The molecule has 2 aliphatic heterocycles. The van der Waals surface area contributed by atoms with Crippen LogP contribution in [0.2, 0.25) is 0 Å². The number of amides is 2. The third kappa shape index (κ3) is 4.32. The second-order valence-electron chi connectivity index (χ2n) is 7.91. The summed E-state index contributed by atoms with van der Waals surface area (Å²) in [4.78, 5) is 24.0. The summed E-state index contributed by atoms with van der Waals surface area (Å²) in [7, 11) is 2.22. The zero-order valence-corrected chi connectivity index (χ0v) is 15.9. The van der Waals surface area contributed by atoms with Gasteiger partial charge in [-0.05, 0) is 50.9 Å². The summed E-state index contributed by atoms with van der Waals surface area (Å²) in [6.07, 6.45) is 7.40. The number of urea groups is 1. The number of likely N-dealkylation sites (N-methyl/N-ethyl adjacent to an activating group) is 1. The van der Waals surface area contributed by atoms with Gasteiger partial charge in [-0.1, -0.05) is 20.3 Å². The first-order valence-corrected chi connectivity index (χ1v) is 9.77. The monoisotopic (exact) mass is 344 g/mol. The number of fused-ring (bicyclic) bond motifs is 1. The average Bonchev–Trinajstić information content (AvgIpc) is 2.88. The molecule has 3 heterocycles. The minimum atomic E-state index is 0.163. The van der Waals surface area contributed by atoms with Crippen LogP contribution in [0.3, 0.4) is 0 Å². The number of hydrogen-bond acceptors (Lipinski definition) is 3. The molecule has 5 nitrogen and oxygen atoms in total. The number of carbonyl (C=O) groups excluding carboxylic acids is 1. The normalized spacial score (nSPS) is 20.9. The number of carbonyl (C=O) groups is 1. The summed E-state index contributed by atoms with van der Waals surface area (Å²) >= 11 is 0. The van der Waals surface area contributed by atoms with Crippen molar-refractivity contribution in [2.24, 2.45) is 5.92 Å². The molecule has 0 aromatic carbocycles. The van der Waals surface area contributed by atoms with E-state index in [0.717, 1.165) is 56.3 Å². The van der Waals surface area contributed by atoms with E-state index >= 15 is 0 Å². The lowest BCUT2D eigenvalue weighted by atomic mass is 10.1. The number of rotatable bonds is 4. The summed E-state index contributed by atoms with van der Waals surface area (Å²) in [5.41, 5.74) is 2.05. The highest BCUT2D eigenvalue weighted by atomic mass is 16.2. The van der Waals surface area contributed by atoms with E-state index in [9.17, 15) is 4.79 Å². The highest BCUT2D eigenvalue weighted by molar-refractivity contribution is 5.93. The maximum Gasteiger partial charge on any atom is 0.324 e. The van der Waals surface area contributed by atoms with Crippen molar-refractivity contribution in [3.8, 4) is 0 Å². The van der Waals surface area contributed by atoms with Gasteiger partial charge in [0.2, 0.25) is 0 Å². The number of aromatic nitrogens is 1. The van der Waals surface area contributed by atoms with Gasteiger partial charge < -0.3 is 9.80 Å². The number of pyridine rings is 1. The van der Waals surface area contributed by atoms with Gasteiger partial charge in [0.1, 0.15) is 0 Å². The minimum Gasteiger partial charge on any atom is -0.323 e. The van der Waals surface area contributed by atoms with E-state index in [1.807, 2.05) is 23.2 Å². The van der Waals surface area contributed by atoms with Crippen molar-refractivity contribution >= 4 is 11.7 Å². The van der Waals surface area contributed by atoms with E-state index in [1.165, 1.54) is 19.3 Å². The summed E-state index contributed by atoms with van der Waals surface area (Å²) in [6, 6.07) is 4.59. The molecule has 25 heavy (non-hydrogen) atoms. The number of hydrogen-bond donors (Lipinski definition) is 0. The Labute approximate surface area is 152 Å². The summed E-state index contributed by atoms with van der Waals surface area (Å²) in [5.74, 6) is 0.722. The van der Waals surface area contributed by atoms with E-state index in [-0.39, 0.29) is 6.03 Å². The molecule has 138 valence electrons. The van der Waals surface area contributed by atoms with Crippen LogP contribution in [0.15, 0.2) is 18.3 Å². The van der Waals surface area contributed by atoms with Gasteiger partial charge in [-0.25, -0.2) is 4.79 Å². The third-order valence-electron chi connectivity index (χ3n) is 5.56. The molecule has 0 N–H and O–H groups in total. The highest BCUT2D eigenvalue weighted by Crippen LogP contribution is 2.27. The molecule has 5 heteroatoms. The Balaban J connectivity index is 1.66. The SMILES string of the molecule is CC(C)CCN(C)C1CCCCN(C(=O)N2CCc3ncccc32)C1. The van der Waals surface area contributed by atoms with Crippen molar-refractivity contribution in [2.75, 3.05) is 38.1 Å². The van der Waals surface area contributed by atoms with E-state index in [1.54, 1.807) is 0 Å².